The number of benzene rings is 2. The first-order chi connectivity index (χ1) is 18.5. The van der Waals surface area contributed by atoms with Gasteiger partial charge in [-0.3, -0.25) is 9.59 Å². The molecule has 2 aromatic carbocycles. The number of amides is 1. The topological polar surface area (TPSA) is 77.8 Å². The summed E-state index contributed by atoms with van der Waals surface area (Å²) in [7, 11) is 0. The Hall–Kier alpha value is -3.15. The zero-order valence-electron chi connectivity index (χ0n) is 21.4. The third kappa shape index (κ3) is 5.17. The van der Waals surface area contributed by atoms with Crippen molar-refractivity contribution in [3.8, 4) is 0 Å². The minimum absolute atomic E-state index is 0.0910. The van der Waals surface area contributed by atoms with E-state index in [-0.39, 0.29) is 19.0 Å². The Balaban J connectivity index is 1.67. The smallest absolute Gasteiger partial charge is 0.430 e. The van der Waals surface area contributed by atoms with E-state index in [2.05, 4.69) is 0 Å². The molecule has 0 radical (unpaired) electrons. The van der Waals surface area contributed by atoms with Gasteiger partial charge in [-0.1, -0.05) is 43.3 Å². The number of carboxylic acid groups (broad SMARTS) is 1. The molecule has 2 fully saturated rings. The Labute approximate surface area is 225 Å². The molecule has 0 aromatic heterocycles. The highest BCUT2D eigenvalue weighted by atomic mass is 19.4. The van der Waals surface area contributed by atoms with E-state index in [0.29, 0.717) is 48.9 Å². The Kier molecular flexibility index (Phi) is 7.72. The number of hydrogen-bond donors (Lipinski definition) is 2. The predicted molar refractivity (Wildman–Crippen MR) is 129 cm³/mol. The number of carbonyl (C=O) groups excluding carboxylic acids is 1. The molecule has 4 rings (SSSR count). The highest BCUT2D eigenvalue weighted by molar-refractivity contribution is 5.80. The zero-order chi connectivity index (χ0) is 29.7. The van der Waals surface area contributed by atoms with Crippen molar-refractivity contribution < 1.29 is 50.5 Å². The van der Waals surface area contributed by atoms with Crippen LogP contribution in [0, 0.1) is 17.7 Å². The van der Waals surface area contributed by atoms with Crippen molar-refractivity contribution in [3.05, 3.63) is 71.0 Å². The number of halogens is 7. The van der Waals surface area contributed by atoms with E-state index in [1.807, 2.05) is 0 Å². The molecule has 2 atom stereocenters. The van der Waals surface area contributed by atoms with Crippen LogP contribution in [0.1, 0.15) is 55.2 Å². The molecular weight excluding hydrogens is 547 g/mol. The molecule has 0 bridgehead atoms. The van der Waals surface area contributed by atoms with Crippen LogP contribution in [0.25, 0.3) is 0 Å². The molecule has 1 aliphatic carbocycles. The SMILES string of the molecule is C[C@]1(c2ccc(F)cc2)CN(C(=O)[C@H]2CC[C@H](C(=O)O)CC2)C[C@H]1c1ccc(C(O)(C(F)(F)F)C(F)(F)F)cc1. The summed E-state index contributed by atoms with van der Waals surface area (Å²) in [5.74, 6) is -3.15. The first kappa shape index (κ1) is 29.8. The summed E-state index contributed by atoms with van der Waals surface area (Å²) in [6.07, 6.45) is -10.6. The van der Waals surface area contributed by atoms with Crippen LogP contribution in [0.4, 0.5) is 30.7 Å². The van der Waals surface area contributed by atoms with Crippen molar-refractivity contribution in [2.45, 2.75) is 61.9 Å². The van der Waals surface area contributed by atoms with Gasteiger partial charge in [0.25, 0.3) is 5.60 Å². The average Bonchev–Trinajstić information content (AvgIpc) is 3.25. The third-order valence-electron chi connectivity index (χ3n) is 8.48. The van der Waals surface area contributed by atoms with Crippen LogP contribution >= 0.6 is 0 Å². The van der Waals surface area contributed by atoms with Crippen LogP contribution in [0.3, 0.4) is 0 Å². The van der Waals surface area contributed by atoms with Gasteiger partial charge in [-0.05, 0) is 48.9 Å². The molecule has 1 aliphatic heterocycles. The molecule has 0 spiro atoms. The van der Waals surface area contributed by atoms with Crippen LogP contribution in [0.2, 0.25) is 0 Å². The van der Waals surface area contributed by atoms with E-state index in [4.69, 9.17) is 0 Å². The van der Waals surface area contributed by atoms with Gasteiger partial charge in [-0.15, -0.1) is 0 Å². The molecular formula is C28H28F7NO4. The summed E-state index contributed by atoms with van der Waals surface area (Å²) in [5, 5.41) is 19.0. The summed E-state index contributed by atoms with van der Waals surface area (Å²) >= 11 is 0. The number of rotatable bonds is 5. The summed E-state index contributed by atoms with van der Waals surface area (Å²) in [6.45, 7) is 2.03. The normalized spacial score (nSPS) is 26.1. The van der Waals surface area contributed by atoms with Gasteiger partial charge >= 0.3 is 18.3 Å². The first-order valence-corrected chi connectivity index (χ1v) is 12.7. The summed E-state index contributed by atoms with van der Waals surface area (Å²) < 4.78 is 93.9. The summed E-state index contributed by atoms with van der Waals surface area (Å²) in [6, 6.07) is 8.82. The summed E-state index contributed by atoms with van der Waals surface area (Å²) in [4.78, 5) is 26.3. The fraction of sp³-hybridized carbons (Fsp3) is 0.500. The molecule has 2 aliphatic rings. The molecule has 40 heavy (non-hydrogen) atoms. The first-order valence-electron chi connectivity index (χ1n) is 12.7. The largest absolute Gasteiger partial charge is 0.481 e. The van der Waals surface area contributed by atoms with Gasteiger partial charge in [0.05, 0.1) is 5.92 Å². The molecule has 218 valence electrons. The number of hydrogen-bond acceptors (Lipinski definition) is 3. The third-order valence-corrected chi connectivity index (χ3v) is 8.48. The molecule has 1 saturated heterocycles. The molecule has 2 N–H and O–H groups in total. The minimum Gasteiger partial charge on any atom is -0.481 e. The molecule has 1 amide bonds. The number of carboxylic acids is 1. The quantitative estimate of drug-likeness (QED) is 0.435. The standard InChI is InChI=1S/C28H28F7NO4/c1-25(19-10-12-21(29)13-11-19)15-36(23(37)17-2-4-18(5-3-17)24(38)39)14-22(25)16-6-8-20(9-7-16)26(40,27(30,31)32)28(33,34)35/h6-13,17-18,22,40H,2-5,14-15H2,1H3,(H,38,39)/t17-,18-,22-,25+/m0/s1. The van der Waals surface area contributed by atoms with E-state index in [1.165, 1.54) is 24.3 Å². The van der Waals surface area contributed by atoms with Gasteiger partial charge in [0.15, 0.2) is 0 Å². The lowest BCUT2D eigenvalue weighted by atomic mass is 9.71. The molecule has 0 unspecified atom stereocenters. The number of carbonyl (C=O) groups is 2. The predicted octanol–water partition coefficient (Wildman–Crippen LogP) is 5.91. The van der Waals surface area contributed by atoms with Crippen LogP contribution in [-0.4, -0.2) is 52.4 Å². The van der Waals surface area contributed by atoms with Gasteiger partial charge in [0.2, 0.25) is 5.91 Å². The van der Waals surface area contributed by atoms with Gasteiger partial charge < -0.3 is 15.1 Å². The molecule has 2 aromatic rings. The molecule has 1 heterocycles. The maximum absolute atomic E-state index is 13.7. The van der Waals surface area contributed by atoms with Crippen LogP contribution in [-0.2, 0) is 20.6 Å². The maximum atomic E-state index is 13.7. The minimum atomic E-state index is -6.02. The lowest BCUT2D eigenvalue weighted by molar-refractivity contribution is -0.376. The molecule has 1 saturated carbocycles. The van der Waals surface area contributed by atoms with Gasteiger partial charge in [-0.2, -0.15) is 26.3 Å². The Morgan fingerprint density at radius 3 is 1.82 bits per heavy atom. The Morgan fingerprint density at radius 2 is 1.35 bits per heavy atom. The second kappa shape index (κ2) is 10.4. The van der Waals surface area contributed by atoms with Gasteiger partial charge in [-0.25, -0.2) is 4.39 Å². The fourth-order valence-electron chi connectivity index (χ4n) is 6.05. The van der Waals surface area contributed by atoms with Crippen LogP contribution in [0.15, 0.2) is 48.5 Å². The van der Waals surface area contributed by atoms with E-state index < -0.39 is 58.5 Å². The molecule has 5 nitrogen and oxygen atoms in total. The average molecular weight is 576 g/mol. The number of aliphatic hydroxyl groups is 1. The van der Waals surface area contributed by atoms with Crippen LogP contribution < -0.4 is 0 Å². The highest BCUT2D eigenvalue weighted by Gasteiger charge is 2.71. The number of aliphatic carboxylic acids is 1. The Morgan fingerprint density at radius 1 is 0.850 bits per heavy atom. The van der Waals surface area contributed by atoms with Crippen molar-refractivity contribution in [2.75, 3.05) is 13.1 Å². The van der Waals surface area contributed by atoms with E-state index in [1.54, 1.807) is 11.8 Å². The lowest BCUT2D eigenvalue weighted by Gasteiger charge is -2.34. The van der Waals surface area contributed by atoms with E-state index in [0.717, 1.165) is 12.1 Å². The van der Waals surface area contributed by atoms with E-state index >= 15 is 0 Å². The van der Waals surface area contributed by atoms with Crippen molar-refractivity contribution >= 4 is 11.9 Å². The highest BCUT2D eigenvalue weighted by Crippen LogP contribution is 2.51. The van der Waals surface area contributed by atoms with E-state index in [9.17, 15) is 50.5 Å². The van der Waals surface area contributed by atoms with Gasteiger partial charge in [0.1, 0.15) is 5.82 Å². The number of alkyl halides is 6. The second-order valence-corrected chi connectivity index (χ2v) is 10.9. The van der Waals surface area contributed by atoms with Crippen molar-refractivity contribution in [3.63, 3.8) is 0 Å². The second-order valence-electron chi connectivity index (χ2n) is 10.9. The van der Waals surface area contributed by atoms with Gasteiger partial charge in [0, 0.05) is 35.9 Å². The monoisotopic (exact) mass is 575 g/mol. The fourth-order valence-corrected chi connectivity index (χ4v) is 6.05. The molecule has 12 heteroatoms. The lowest BCUT2D eigenvalue weighted by Crippen LogP contribution is -2.53. The zero-order valence-corrected chi connectivity index (χ0v) is 21.4. The van der Waals surface area contributed by atoms with Crippen molar-refractivity contribution in [1.29, 1.82) is 0 Å². The Bertz CT molecular complexity index is 1220. The van der Waals surface area contributed by atoms with Crippen LogP contribution in [0.5, 0.6) is 0 Å². The number of nitrogens with zero attached hydrogens (tertiary/aromatic N) is 1. The van der Waals surface area contributed by atoms with Crippen molar-refractivity contribution in [2.24, 2.45) is 11.8 Å². The maximum Gasteiger partial charge on any atom is 0.430 e. The summed E-state index contributed by atoms with van der Waals surface area (Å²) in [5.41, 5.74) is -6.37. The number of likely N-dealkylation sites (tertiary alicyclic amines) is 1. The van der Waals surface area contributed by atoms with Crippen molar-refractivity contribution in [1.82, 2.24) is 4.90 Å².